The van der Waals surface area contributed by atoms with Crippen molar-refractivity contribution in [3.05, 3.63) is 41.3 Å². The van der Waals surface area contributed by atoms with Gasteiger partial charge in [0.2, 0.25) is 0 Å². The molecule has 0 unspecified atom stereocenters. The van der Waals surface area contributed by atoms with Crippen LogP contribution in [0.3, 0.4) is 0 Å². The van der Waals surface area contributed by atoms with Gasteiger partial charge in [0.1, 0.15) is 5.75 Å². The fraction of sp³-hybridized carbons (Fsp3) is 0.0833. The van der Waals surface area contributed by atoms with E-state index < -0.39 is 0 Å². The summed E-state index contributed by atoms with van der Waals surface area (Å²) in [5.74, 6) is 0.851. The van der Waals surface area contributed by atoms with Crippen LogP contribution in [-0.4, -0.2) is 13.4 Å². The van der Waals surface area contributed by atoms with E-state index in [9.17, 15) is 4.79 Å². The van der Waals surface area contributed by atoms with Gasteiger partial charge in [-0.3, -0.25) is 4.79 Å². The van der Waals surface area contributed by atoms with Crippen molar-refractivity contribution in [2.45, 2.75) is 9.10 Å². The van der Waals surface area contributed by atoms with Crippen molar-refractivity contribution in [3.8, 4) is 5.75 Å². The highest BCUT2D eigenvalue weighted by atomic mass is 32.2. The topological polar surface area (TPSA) is 26.3 Å². The van der Waals surface area contributed by atoms with Crippen LogP contribution in [0.5, 0.6) is 5.75 Å². The minimum absolute atomic E-state index is 0.760. The number of carbonyl (C=O) groups excluding carboxylic acids is 1. The third-order valence-electron chi connectivity index (χ3n) is 2.00. The number of rotatable bonds is 4. The Morgan fingerprint density at radius 1 is 1.19 bits per heavy atom. The summed E-state index contributed by atoms with van der Waals surface area (Å²) in [6, 6.07) is 11.7. The van der Waals surface area contributed by atoms with Gasteiger partial charge in [0.05, 0.1) is 16.2 Å². The lowest BCUT2D eigenvalue weighted by Crippen LogP contribution is -1.80. The van der Waals surface area contributed by atoms with Crippen LogP contribution >= 0.6 is 23.1 Å². The number of carbonyl (C=O) groups is 1. The first-order valence-electron chi connectivity index (χ1n) is 4.69. The predicted molar refractivity (Wildman–Crippen MR) is 66.8 cm³/mol. The average Bonchev–Trinajstić information content (AvgIpc) is 2.78. The number of benzene rings is 1. The highest BCUT2D eigenvalue weighted by molar-refractivity contribution is 8.01. The molecule has 0 aliphatic rings. The molecule has 0 atom stereocenters. The summed E-state index contributed by atoms with van der Waals surface area (Å²) >= 11 is 3.15. The smallest absolute Gasteiger partial charge is 0.160 e. The second kappa shape index (κ2) is 5.18. The highest BCUT2D eigenvalue weighted by Gasteiger charge is 2.01. The summed E-state index contributed by atoms with van der Waals surface area (Å²) in [6.07, 6.45) is 0.878. The Balaban J connectivity index is 2.10. The summed E-state index contributed by atoms with van der Waals surface area (Å²) < 4.78 is 6.21. The molecule has 0 radical (unpaired) electrons. The highest BCUT2D eigenvalue weighted by Crippen LogP contribution is 2.33. The summed E-state index contributed by atoms with van der Waals surface area (Å²) in [5.41, 5.74) is 0. The van der Waals surface area contributed by atoms with E-state index in [0.29, 0.717) is 0 Å². The molecule has 2 rings (SSSR count). The number of ether oxygens (including phenoxy) is 1. The van der Waals surface area contributed by atoms with Gasteiger partial charge in [-0.2, -0.15) is 0 Å². The Hall–Kier alpha value is -1.26. The van der Waals surface area contributed by atoms with Crippen molar-refractivity contribution in [3.63, 3.8) is 0 Å². The molecule has 0 aliphatic carbocycles. The van der Waals surface area contributed by atoms with Gasteiger partial charge in [0, 0.05) is 4.90 Å². The first-order valence-corrected chi connectivity index (χ1v) is 6.32. The first-order chi connectivity index (χ1) is 7.81. The summed E-state index contributed by atoms with van der Waals surface area (Å²) in [6.45, 7) is 0. The normalized spacial score (nSPS) is 10.1. The van der Waals surface area contributed by atoms with Crippen molar-refractivity contribution in [2.75, 3.05) is 7.11 Å². The fourth-order valence-electron chi connectivity index (χ4n) is 1.21. The summed E-state index contributed by atoms with van der Waals surface area (Å²) in [4.78, 5) is 12.4. The zero-order valence-electron chi connectivity index (χ0n) is 8.67. The lowest BCUT2D eigenvalue weighted by atomic mass is 10.3. The van der Waals surface area contributed by atoms with Gasteiger partial charge in [0.15, 0.2) is 6.29 Å². The Morgan fingerprint density at radius 3 is 2.50 bits per heavy atom. The molecule has 0 N–H and O–H groups in total. The number of methoxy groups -OCH3 is 1. The van der Waals surface area contributed by atoms with Crippen LogP contribution < -0.4 is 4.74 Å². The number of aldehydes is 1. The molecule has 0 aliphatic heterocycles. The minimum atomic E-state index is 0.760. The SMILES string of the molecule is COc1ccc(Sc2ccc(C=O)s2)cc1. The minimum Gasteiger partial charge on any atom is -0.497 e. The quantitative estimate of drug-likeness (QED) is 0.774. The molecule has 82 valence electrons. The van der Waals surface area contributed by atoms with Gasteiger partial charge in [-0.1, -0.05) is 11.8 Å². The molecule has 0 bridgehead atoms. The number of hydrogen-bond donors (Lipinski definition) is 0. The molecule has 1 heterocycles. The van der Waals surface area contributed by atoms with E-state index in [1.165, 1.54) is 11.3 Å². The fourth-order valence-corrected chi connectivity index (χ4v) is 3.15. The van der Waals surface area contributed by atoms with Crippen LogP contribution in [0.2, 0.25) is 0 Å². The van der Waals surface area contributed by atoms with Crippen LogP contribution in [0.15, 0.2) is 45.5 Å². The molecule has 1 aromatic carbocycles. The van der Waals surface area contributed by atoms with Crippen LogP contribution in [0.25, 0.3) is 0 Å². The molecule has 0 fully saturated rings. The third kappa shape index (κ3) is 2.65. The molecule has 4 heteroatoms. The van der Waals surface area contributed by atoms with Gasteiger partial charge in [-0.25, -0.2) is 0 Å². The lowest BCUT2D eigenvalue weighted by molar-refractivity contribution is 0.112. The molecule has 2 aromatic rings. The van der Waals surface area contributed by atoms with E-state index in [2.05, 4.69) is 0 Å². The molecule has 16 heavy (non-hydrogen) atoms. The predicted octanol–water partition coefficient (Wildman–Crippen LogP) is 3.72. The van der Waals surface area contributed by atoms with Crippen molar-refractivity contribution < 1.29 is 9.53 Å². The van der Waals surface area contributed by atoms with Crippen molar-refractivity contribution in [1.82, 2.24) is 0 Å². The lowest BCUT2D eigenvalue weighted by Gasteiger charge is -2.01. The largest absolute Gasteiger partial charge is 0.497 e. The number of thiophene rings is 1. The van der Waals surface area contributed by atoms with E-state index in [1.807, 2.05) is 36.4 Å². The van der Waals surface area contributed by atoms with Crippen LogP contribution in [0.4, 0.5) is 0 Å². The third-order valence-corrected chi connectivity index (χ3v) is 4.15. The second-order valence-electron chi connectivity index (χ2n) is 3.05. The summed E-state index contributed by atoms with van der Waals surface area (Å²) in [5, 5.41) is 0. The monoisotopic (exact) mass is 250 g/mol. The van der Waals surface area contributed by atoms with Gasteiger partial charge >= 0.3 is 0 Å². The molecule has 0 saturated heterocycles. The van der Waals surface area contributed by atoms with Gasteiger partial charge < -0.3 is 4.74 Å². The molecule has 2 nitrogen and oxygen atoms in total. The Kier molecular flexibility index (Phi) is 3.64. The van der Waals surface area contributed by atoms with E-state index >= 15 is 0 Å². The van der Waals surface area contributed by atoms with E-state index in [4.69, 9.17) is 4.74 Å². The zero-order valence-corrected chi connectivity index (χ0v) is 10.3. The van der Waals surface area contributed by atoms with Crippen LogP contribution in [-0.2, 0) is 0 Å². The maximum atomic E-state index is 10.5. The van der Waals surface area contributed by atoms with Crippen molar-refractivity contribution >= 4 is 29.4 Å². The molecule has 0 saturated carbocycles. The second-order valence-corrected chi connectivity index (χ2v) is 5.54. The standard InChI is InChI=1S/C12H10O2S2/c1-14-9-2-4-10(5-3-9)15-12-7-6-11(8-13)16-12/h2-8H,1H3. The van der Waals surface area contributed by atoms with E-state index in [1.54, 1.807) is 18.9 Å². The van der Waals surface area contributed by atoms with E-state index in [-0.39, 0.29) is 0 Å². The van der Waals surface area contributed by atoms with Crippen LogP contribution in [0.1, 0.15) is 9.67 Å². The Labute approximate surface area is 102 Å². The molecular weight excluding hydrogens is 240 g/mol. The molecule has 0 amide bonds. The molecule has 1 aromatic heterocycles. The zero-order chi connectivity index (χ0) is 11.4. The first kappa shape index (κ1) is 11.2. The van der Waals surface area contributed by atoms with E-state index in [0.717, 1.165) is 26.0 Å². The summed E-state index contributed by atoms with van der Waals surface area (Å²) in [7, 11) is 1.65. The van der Waals surface area contributed by atoms with Gasteiger partial charge in [-0.05, 0) is 36.4 Å². The average molecular weight is 250 g/mol. The molecular formula is C12H10O2S2. The van der Waals surface area contributed by atoms with Crippen molar-refractivity contribution in [1.29, 1.82) is 0 Å². The van der Waals surface area contributed by atoms with Gasteiger partial charge in [0.25, 0.3) is 0 Å². The molecule has 0 spiro atoms. The Bertz CT molecular complexity index is 474. The number of hydrogen-bond acceptors (Lipinski definition) is 4. The Morgan fingerprint density at radius 2 is 1.94 bits per heavy atom. The van der Waals surface area contributed by atoms with Crippen LogP contribution in [0, 0.1) is 0 Å². The maximum absolute atomic E-state index is 10.5. The van der Waals surface area contributed by atoms with Crippen molar-refractivity contribution in [2.24, 2.45) is 0 Å². The maximum Gasteiger partial charge on any atom is 0.160 e. The van der Waals surface area contributed by atoms with Gasteiger partial charge in [-0.15, -0.1) is 11.3 Å².